The molecule has 1 rings (SSSR count). The normalized spacial score (nSPS) is 40.3. The molecule has 0 N–H and O–H groups in total. The van der Waals surface area contributed by atoms with Gasteiger partial charge in [0.25, 0.3) is 0 Å². The molecule has 0 saturated carbocycles. The average Bonchev–Trinajstić information content (AvgIpc) is 2.21. The van der Waals surface area contributed by atoms with E-state index in [-0.39, 0.29) is 30.7 Å². The number of ether oxygens (including phenoxy) is 4. The van der Waals surface area contributed by atoms with Gasteiger partial charge in [-0.1, -0.05) is 6.92 Å². The lowest BCUT2D eigenvalue weighted by Crippen LogP contribution is -2.55. The molecule has 1 aliphatic rings. The van der Waals surface area contributed by atoms with Gasteiger partial charge < -0.3 is 18.9 Å². The minimum Gasteiger partial charge on any atom is -0.378 e. The second-order valence-electron chi connectivity index (χ2n) is 4.65. The molecule has 0 aromatic heterocycles. The second-order valence-corrected chi connectivity index (χ2v) is 4.65. The first kappa shape index (κ1) is 13.9. The van der Waals surface area contributed by atoms with Crippen LogP contribution in [-0.2, 0) is 18.9 Å². The molecule has 0 spiro atoms. The van der Waals surface area contributed by atoms with Gasteiger partial charge in [-0.3, -0.25) is 0 Å². The van der Waals surface area contributed by atoms with Gasteiger partial charge in [-0.05, 0) is 20.8 Å². The quantitative estimate of drug-likeness (QED) is 0.741. The Bertz CT molecular complexity index is 207. The van der Waals surface area contributed by atoms with Crippen molar-refractivity contribution in [3.8, 4) is 0 Å². The van der Waals surface area contributed by atoms with Gasteiger partial charge in [0.1, 0.15) is 6.10 Å². The van der Waals surface area contributed by atoms with E-state index in [1.807, 2.05) is 20.8 Å². The number of rotatable bonds is 4. The van der Waals surface area contributed by atoms with Crippen molar-refractivity contribution >= 4 is 0 Å². The first-order chi connectivity index (χ1) is 7.51. The molecule has 1 saturated heterocycles. The summed E-state index contributed by atoms with van der Waals surface area (Å²) in [6, 6.07) is 0. The minimum absolute atomic E-state index is 0.0116. The predicted molar refractivity (Wildman–Crippen MR) is 61.3 cm³/mol. The van der Waals surface area contributed by atoms with Gasteiger partial charge in [-0.25, -0.2) is 0 Å². The third-order valence-electron chi connectivity index (χ3n) is 3.15. The molecular weight excluding hydrogens is 208 g/mol. The van der Waals surface area contributed by atoms with Crippen LogP contribution in [0.4, 0.5) is 0 Å². The Kier molecular flexibility index (Phi) is 5.18. The largest absolute Gasteiger partial charge is 0.378 e. The summed E-state index contributed by atoms with van der Waals surface area (Å²) in [5.74, 6) is 0.293. The molecule has 0 bridgehead atoms. The molecule has 4 nitrogen and oxygen atoms in total. The molecule has 0 unspecified atom stereocenters. The van der Waals surface area contributed by atoms with E-state index in [0.29, 0.717) is 5.92 Å². The summed E-state index contributed by atoms with van der Waals surface area (Å²) >= 11 is 0. The van der Waals surface area contributed by atoms with Crippen molar-refractivity contribution in [1.29, 1.82) is 0 Å². The van der Waals surface area contributed by atoms with Crippen molar-refractivity contribution in [2.45, 2.75) is 58.4 Å². The number of hydrogen-bond donors (Lipinski definition) is 0. The van der Waals surface area contributed by atoms with E-state index in [0.717, 1.165) is 0 Å². The fourth-order valence-corrected chi connectivity index (χ4v) is 2.11. The fourth-order valence-electron chi connectivity index (χ4n) is 2.11. The summed E-state index contributed by atoms with van der Waals surface area (Å²) in [5, 5.41) is 0. The van der Waals surface area contributed by atoms with Crippen LogP contribution in [0.15, 0.2) is 0 Å². The van der Waals surface area contributed by atoms with Crippen LogP contribution in [0.25, 0.3) is 0 Å². The molecule has 0 amide bonds. The van der Waals surface area contributed by atoms with Crippen molar-refractivity contribution in [2.24, 2.45) is 5.92 Å². The summed E-state index contributed by atoms with van der Waals surface area (Å²) in [4.78, 5) is 0. The summed E-state index contributed by atoms with van der Waals surface area (Å²) in [6.45, 7) is 8.12. The lowest BCUT2D eigenvalue weighted by Gasteiger charge is -2.43. The molecule has 0 aliphatic carbocycles. The van der Waals surface area contributed by atoms with Gasteiger partial charge in [-0.15, -0.1) is 0 Å². The Morgan fingerprint density at radius 2 is 1.56 bits per heavy atom. The Balaban J connectivity index is 2.76. The minimum atomic E-state index is -0.346. The lowest BCUT2D eigenvalue weighted by molar-refractivity contribution is -0.297. The van der Waals surface area contributed by atoms with E-state index in [1.54, 1.807) is 14.2 Å². The molecule has 4 heteroatoms. The Morgan fingerprint density at radius 1 is 1.00 bits per heavy atom. The third kappa shape index (κ3) is 2.94. The highest BCUT2D eigenvalue weighted by Crippen LogP contribution is 2.30. The highest BCUT2D eigenvalue weighted by Gasteiger charge is 2.43. The first-order valence-electron chi connectivity index (χ1n) is 5.87. The van der Waals surface area contributed by atoms with Crippen molar-refractivity contribution in [1.82, 2.24) is 0 Å². The molecular formula is C12H24O4. The average molecular weight is 232 g/mol. The lowest BCUT2D eigenvalue weighted by atomic mass is 9.91. The van der Waals surface area contributed by atoms with E-state index >= 15 is 0 Å². The standard InChI is InChI=1S/C12H24O4/c1-7(2)15-12-11(14-6)10(13-5)8(3)9(4)16-12/h7-12H,1-6H3/t8-,9-,10-,11-,12-/m1/s1. The smallest absolute Gasteiger partial charge is 0.186 e. The van der Waals surface area contributed by atoms with Gasteiger partial charge in [0.2, 0.25) is 0 Å². The Hall–Kier alpha value is -0.160. The Morgan fingerprint density at radius 3 is 2.00 bits per heavy atom. The monoisotopic (exact) mass is 232 g/mol. The molecule has 1 aliphatic heterocycles. The summed E-state index contributed by atoms with van der Waals surface area (Å²) in [6.07, 6.45) is -0.280. The fraction of sp³-hybridized carbons (Fsp3) is 1.00. The maximum absolute atomic E-state index is 5.82. The van der Waals surface area contributed by atoms with Crippen LogP contribution in [0.1, 0.15) is 27.7 Å². The summed E-state index contributed by atoms with van der Waals surface area (Å²) < 4.78 is 22.5. The van der Waals surface area contributed by atoms with Gasteiger partial charge in [0.15, 0.2) is 6.29 Å². The van der Waals surface area contributed by atoms with Gasteiger partial charge in [-0.2, -0.15) is 0 Å². The predicted octanol–water partition coefficient (Wildman–Crippen LogP) is 1.82. The van der Waals surface area contributed by atoms with Crippen molar-refractivity contribution < 1.29 is 18.9 Å². The maximum atomic E-state index is 5.82. The zero-order valence-electron chi connectivity index (χ0n) is 11.1. The third-order valence-corrected chi connectivity index (χ3v) is 3.15. The molecule has 1 fully saturated rings. The van der Waals surface area contributed by atoms with Crippen LogP contribution >= 0.6 is 0 Å². The van der Waals surface area contributed by atoms with Crippen LogP contribution < -0.4 is 0 Å². The highest BCUT2D eigenvalue weighted by molar-refractivity contribution is 4.87. The van der Waals surface area contributed by atoms with Gasteiger partial charge in [0, 0.05) is 20.1 Å². The van der Waals surface area contributed by atoms with Crippen molar-refractivity contribution in [2.75, 3.05) is 14.2 Å². The number of hydrogen-bond acceptors (Lipinski definition) is 4. The summed E-state index contributed by atoms with van der Waals surface area (Å²) in [5.41, 5.74) is 0. The molecule has 96 valence electrons. The maximum Gasteiger partial charge on any atom is 0.186 e. The molecule has 5 atom stereocenters. The molecule has 1 heterocycles. The Labute approximate surface area is 98.2 Å². The van der Waals surface area contributed by atoms with E-state index in [4.69, 9.17) is 18.9 Å². The van der Waals surface area contributed by atoms with Crippen molar-refractivity contribution in [3.05, 3.63) is 0 Å². The van der Waals surface area contributed by atoms with E-state index in [1.165, 1.54) is 0 Å². The molecule has 0 aromatic carbocycles. The molecule has 0 radical (unpaired) electrons. The van der Waals surface area contributed by atoms with E-state index < -0.39 is 0 Å². The van der Waals surface area contributed by atoms with Crippen LogP contribution in [-0.4, -0.2) is 44.9 Å². The highest BCUT2D eigenvalue weighted by atomic mass is 16.7. The van der Waals surface area contributed by atoms with Crippen LogP contribution in [0, 0.1) is 5.92 Å². The summed E-state index contributed by atoms with van der Waals surface area (Å²) in [7, 11) is 3.37. The van der Waals surface area contributed by atoms with Crippen LogP contribution in [0.5, 0.6) is 0 Å². The number of methoxy groups -OCH3 is 2. The van der Waals surface area contributed by atoms with E-state index in [2.05, 4.69) is 6.92 Å². The van der Waals surface area contributed by atoms with Gasteiger partial charge >= 0.3 is 0 Å². The molecule has 16 heavy (non-hydrogen) atoms. The second kappa shape index (κ2) is 5.96. The van der Waals surface area contributed by atoms with E-state index in [9.17, 15) is 0 Å². The van der Waals surface area contributed by atoms with Crippen molar-refractivity contribution in [3.63, 3.8) is 0 Å². The zero-order valence-corrected chi connectivity index (χ0v) is 11.1. The topological polar surface area (TPSA) is 36.9 Å². The first-order valence-corrected chi connectivity index (χ1v) is 5.87. The zero-order chi connectivity index (χ0) is 12.3. The molecule has 0 aromatic rings. The van der Waals surface area contributed by atoms with Crippen LogP contribution in [0.2, 0.25) is 0 Å². The van der Waals surface area contributed by atoms with Gasteiger partial charge in [0.05, 0.1) is 18.3 Å². The SMILES string of the molecule is CO[C@@H]1[C@H](C)[C@@H](C)O[C@@H](OC(C)C)[C@@H]1OC. The van der Waals surface area contributed by atoms with Crippen LogP contribution in [0.3, 0.4) is 0 Å².